The van der Waals surface area contributed by atoms with Crippen LogP contribution in [-0.2, 0) is 5.75 Å². The molecule has 3 aromatic rings. The monoisotopic (exact) mass is 368 g/mol. The van der Waals surface area contributed by atoms with Crippen molar-refractivity contribution in [3.8, 4) is 11.4 Å². The molecule has 2 aromatic heterocycles. The maximum Gasteiger partial charge on any atom is 0.192 e. The van der Waals surface area contributed by atoms with Gasteiger partial charge in [-0.1, -0.05) is 37.1 Å². The van der Waals surface area contributed by atoms with E-state index in [0.717, 1.165) is 40.8 Å². The number of thioether (sulfide) groups is 1. The van der Waals surface area contributed by atoms with E-state index in [9.17, 15) is 4.39 Å². The summed E-state index contributed by atoms with van der Waals surface area (Å²) in [5, 5.41) is 9.83. The number of halogens is 1. The molecule has 0 spiro atoms. The second-order valence-electron chi connectivity index (χ2n) is 6.58. The van der Waals surface area contributed by atoms with Gasteiger partial charge in [0, 0.05) is 23.6 Å². The molecule has 0 aliphatic heterocycles. The Hall–Kier alpha value is -2.21. The van der Waals surface area contributed by atoms with Crippen LogP contribution in [0.5, 0.6) is 0 Å². The average molecular weight is 368 g/mol. The molecule has 0 atom stereocenters. The van der Waals surface area contributed by atoms with Crippen LogP contribution in [0.4, 0.5) is 4.39 Å². The van der Waals surface area contributed by atoms with Crippen molar-refractivity contribution in [1.82, 2.24) is 19.7 Å². The van der Waals surface area contributed by atoms with E-state index in [4.69, 9.17) is 0 Å². The number of rotatable bonds is 5. The predicted molar refractivity (Wildman–Crippen MR) is 101 cm³/mol. The van der Waals surface area contributed by atoms with E-state index in [1.54, 1.807) is 23.9 Å². The lowest BCUT2D eigenvalue weighted by Crippen LogP contribution is -2.15. The summed E-state index contributed by atoms with van der Waals surface area (Å²) in [4.78, 5) is 4.39. The number of pyridine rings is 1. The Labute approximate surface area is 156 Å². The highest BCUT2D eigenvalue weighted by molar-refractivity contribution is 7.98. The fourth-order valence-corrected chi connectivity index (χ4v) is 4.38. The molecule has 134 valence electrons. The quantitative estimate of drug-likeness (QED) is 0.575. The second kappa shape index (κ2) is 7.99. The standard InChI is InChI=1S/C20H21FN4S/c21-16-11-9-15(10-12-16)19-23-24-20(25(19)18-7-2-1-3-8-18)26-14-17-6-4-5-13-22-17/h4-6,9-13,18H,1-3,7-8,14H2. The fourth-order valence-electron chi connectivity index (χ4n) is 3.46. The molecule has 0 amide bonds. The third-order valence-corrected chi connectivity index (χ3v) is 5.76. The molecule has 4 rings (SSSR count). The van der Waals surface area contributed by atoms with Crippen LogP contribution in [0.1, 0.15) is 43.8 Å². The Bertz CT molecular complexity index is 842. The van der Waals surface area contributed by atoms with Crippen molar-refractivity contribution < 1.29 is 4.39 Å². The van der Waals surface area contributed by atoms with E-state index in [2.05, 4.69) is 19.7 Å². The molecule has 1 aliphatic rings. The number of hydrogen-bond donors (Lipinski definition) is 0. The fraction of sp³-hybridized carbons (Fsp3) is 0.350. The molecule has 0 bridgehead atoms. The molecule has 26 heavy (non-hydrogen) atoms. The molecular weight excluding hydrogens is 347 g/mol. The van der Waals surface area contributed by atoms with Crippen LogP contribution in [0.15, 0.2) is 53.8 Å². The molecule has 0 N–H and O–H groups in total. The van der Waals surface area contributed by atoms with Gasteiger partial charge in [-0.25, -0.2) is 4.39 Å². The zero-order valence-electron chi connectivity index (χ0n) is 14.5. The Morgan fingerprint density at radius 2 is 1.81 bits per heavy atom. The lowest BCUT2D eigenvalue weighted by Gasteiger charge is -2.25. The molecule has 0 saturated heterocycles. The summed E-state index contributed by atoms with van der Waals surface area (Å²) in [6, 6.07) is 12.9. The Balaban J connectivity index is 1.65. The molecule has 1 fully saturated rings. The average Bonchev–Trinajstić information content (AvgIpc) is 3.12. The lowest BCUT2D eigenvalue weighted by atomic mass is 9.95. The molecule has 0 unspecified atom stereocenters. The van der Waals surface area contributed by atoms with Gasteiger partial charge in [-0.3, -0.25) is 9.55 Å². The molecule has 1 aromatic carbocycles. The second-order valence-corrected chi connectivity index (χ2v) is 7.53. The van der Waals surface area contributed by atoms with Gasteiger partial charge >= 0.3 is 0 Å². The van der Waals surface area contributed by atoms with Crippen LogP contribution in [0.25, 0.3) is 11.4 Å². The molecule has 1 saturated carbocycles. The van der Waals surface area contributed by atoms with Crippen LogP contribution in [0.3, 0.4) is 0 Å². The van der Waals surface area contributed by atoms with Gasteiger partial charge in [-0.15, -0.1) is 10.2 Å². The van der Waals surface area contributed by atoms with Crippen LogP contribution >= 0.6 is 11.8 Å². The van der Waals surface area contributed by atoms with Crippen LogP contribution < -0.4 is 0 Å². The maximum absolute atomic E-state index is 13.3. The molecule has 2 heterocycles. The number of aromatic nitrogens is 4. The number of nitrogens with zero attached hydrogens (tertiary/aromatic N) is 4. The van der Waals surface area contributed by atoms with Gasteiger partial charge in [-0.05, 0) is 49.2 Å². The number of benzene rings is 1. The lowest BCUT2D eigenvalue weighted by molar-refractivity contribution is 0.339. The molecule has 4 nitrogen and oxygen atoms in total. The van der Waals surface area contributed by atoms with Crippen LogP contribution in [0, 0.1) is 5.82 Å². The zero-order valence-corrected chi connectivity index (χ0v) is 15.3. The summed E-state index contributed by atoms with van der Waals surface area (Å²) in [7, 11) is 0. The van der Waals surface area contributed by atoms with Crippen molar-refractivity contribution in [3.63, 3.8) is 0 Å². The van der Waals surface area contributed by atoms with E-state index in [0.29, 0.717) is 6.04 Å². The first kappa shape index (κ1) is 17.2. The summed E-state index contributed by atoms with van der Waals surface area (Å²) >= 11 is 1.67. The summed E-state index contributed by atoms with van der Waals surface area (Å²) in [5.41, 5.74) is 1.94. The number of hydrogen-bond acceptors (Lipinski definition) is 4. The van der Waals surface area contributed by atoms with Crippen molar-refractivity contribution in [2.75, 3.05) is 0 Å². The summed E-state index contributed by atoms with van der Waals surface area (Å²) in [5.74, 6) is 1.36. The first-order chi connectivity index (χ1) is 12.8. The van der Waals surface area contributed by atoms with Gasteiger partial charge < -0.3 is 0 Å². The van der Waals surface area contributed by atoms with Crippen molar-refractivity contribution in [2.24, 2.45) is 0 Å². The minimum atomic E-state index is -0.234. The molecule has 0 radical (unpaired) electrons. The van der Waals surface area contributed by atoms with Gasteiger partial charge in [0.2, 0.25) is 0 Å². The Morgan fingerprint density at radius 3 is 2.54 bits per heavy atom. The third-order valence-electron chi connectivity index (χ3n) is 4.78. The van der Waals surface area contributed by atoms with E-state index in [-0.39, 0.29) is 5.82 Å². The predicted octanol–water partition coefficient (Wildman–Crippen LogP) is 5.28. The van der Waals surface area contributed by atoms with Gasteiger partial charge in [0.15, 0.2) is 11.0 Å². The third kappa shape index (κ3) is 3.80. The highest BCUT2D eigenvalue weighted by atomic mass is 32.2. The summed E-state index contributed by atoms with van der Waals surface area (Å²) < 4.78 is 15.6. The van der Waals surface area contributed by atoms with E-state index in [1.807, 2.05) is 24.4 Å². The van der Waals surface area contributed by atoms with E-state index >= 15 is 0 Å². The highest BCUT2D eigenvalue weighted by Gasteiger charge is 2.23. The normalized spacial score (nSPS) is 15.3. The summed E-state index contributed by atoms with van der Waals surface area (Å²) in [6.07, 6.45) is 7.85. The van der Waals surface area contributed by atoms with Crippen LogP contribution in [0.2, 0.25) is 0 Å². The summed E-state index contributed by atoms with van der Waals surface area (Å²) in [6.45, 7) is 0. The van der Waals surface area contributed by atoms with E-state index in [1.165, 1.54) is 31.4 Å². The largest absolute Gasteiger partial charge is 0.299 e. The minimum Gasteiger partial charge on any atom is -0.299 e. The molecule has 1 aliphatic carbocycles. The Kier molecular flexibility index (Phi) is 5.29. The maximum atomic E-state index is 13.3. The van der Waals surface area contributed by atoms with Gasteiger partial charge in [-0.2, -0.15) is 0 Å². The zero-order chi connectivity index (χ0) is 17.8. The first-order valence-electron chi connectivity index (χ1n) is 9.05. The van der Waals surface area contributed by atoms with Crippen molar-refractivity contribution in [1.29, 1.82) is 0 Å². The van der Waals surface area contributed by atoms with Gasteiger partial charge in [0.05, 0.1) is 5.69 Å². The van der Waals surface area contributed by atoms with Gasteiger partial charge in [0.1, 0.15) is 5.82 Å². The van der Waals surface area contributed by atoms with Crippen molar-refractivity contribution in [3.05, 3.63) is 60.2 Å². The topological polar surface area (TPSA) is 43.6 Å². The van der Waals surface area contributed by atoms with E-state index < -0.39 is 0 Å². The molecular formula is C20H21FN4S. The smallest absolute Gasteiger partial charge is 0.192 e. The van der Waals surface area contributed by atoms with Crippen molar-refractivity contribution in [2.45, 2.75) is 49.1 Å². The van der Waals surface area contributed by atoms with Gasteiger partial charge in [0.25, 0.3) is 0 Å². The molecule has 6 heteroatoms. The highest BCUT2D eigenvalue weighted by Crippen LogP contribution is 2.36. The van der Waals surface area contributed by atoms with Crippen LogP contribution in [-0.4, -0.2) is 19.7 Å². The SMILES string of the molecule is Fc1ccc(-c2nnc(SCc3ccccn3)n2C2CCCCC2)cc1. The van der Waals surface area contributed by atoms with Crippen molar-refractivity contribution >= 4 is 11.8 Å². The Morgan fingerprint density at radius 1 is 1.00 bits per heavy atom. The minimum absolute atomic E-state index is 0.234. The first-order valence-corrected chi connectivity index (χ1v) is 10.0.